The molecule has 11 nitrogen and oxygen atoms in total. The highest BCUT2D eigenvalue weighted by Gasteiger charge is 2.55. The van der Waals surface area contributed by atoms with Crippen molar-refractivity contribution >= 4 is 17.8 Å². The van der Waals surface area contributed by atoms with Crippen LogP contribution in [0.5, 0.6) is 0 Å². The van der Waals surface area contributed by atoms with Gasteiger partial charge in [-0.1, -0.05) is 19.1 Å². The molecule has 3 heterocycles. The van der Waals surface area contributed by atoms with Gasteiger partial charge in [-0.3, -0.25) is 19.6 Å². The largest absolute Gasteiger partial charge is 0.354 e. The zero-order valence-electron chi connectivity index (χ0n) is 24.7. The van der Waals surface area contributed by atoms with Crippen molar-refractivity contribution in [3.05, 3.63) is 52.6 Å². The van der Waals surface area contributed by atoms with E-state index in [1.165, 1.54) is 23.2 Å². The number of anilines is 1. The van der Waals surface area contributed by atoms with E-state index in [0.29, 0.717) is 32.2 Å². The Morgan fingerprint density at radius 3 is 2.24 bits per heavy atom. The maximum absolute atomic E-state index is 12.8. The van der Waals surface area contributed by atoms with Crippen LogP contribution in [0.25, 0.3) is 5.69 Å². The number of benzene rings is 1. The number of amides is 3. The van der Waals surface area contributed by atoms with E-state index >= 15 is 0 Å². The molecule has 0 bridgehead atoms. The molecule has 2 saturated heterocycles. The van der Waals surface area contributed by atoms with Crippen LogP contribution in [0.15, 0.2) is 41.3 Å². The summed E-state index contributed by atoms with van der Waals surface area (Å²) in [6.45, 7) is 10.8. The summed E-state index contributed by atoms with van der Waals surface area (Å²) in [5.74, 6) is 2.63. The lowest BCUT2D eigenvalue weighted by Crippen LogP contribution is -2.58. The number of hydrogen-bond acceptors (Lipinski definition) is 7. The van der Waals surface area contributed by atoms with E-state index in [0.717, 1.165) is 42.8 Å². The number of piperazine rings is 1. The molecule has 1 saturated carbocycles. The molecule has 11 heteroatoms. The molecule has 3 fully saturated rings. The van der Waals surface area contributed by atoms with Crippen LogP contribution in [0.4, 0.5) is 10.6 Å². The Kier molecular flexibility index (Phi) is 8.49. The predicted molar refractivity (Wildman–Crippen MR) is 159 cm³/mol. The third-order valence-corrected chi connectivity index (χ3v) is 8.96. The van der Waals surface area contributed by atoms with Gasteiger partial charge in [0.15, 0.2) is 0 Å². The highest BCUT2D eigenvalue weighted by Crippen LogP contribution is 2.51. The number of rotatable bonds is 9. The highest BCUT2D eigenvalue weighted by atomic mass is 16.2. The molecule has 0 radical (unpaired) electrons. The Balaban J connectivity index is 1.14. The SMILES string of the molecule is CCC(Cc1ccc(-n2ccc(NC(=O)N3CCN(C(=O)C(C)(C)N)CC3)nc2=O)cc1)N1C[C@@H]2C(CNC)[C@@H]2C1. The Bertz CT molecular complexity index is 1280. The van der Waals surface area contributed by atoms with E-state index in [2.05, 4.69) is 39.6 Å². The van der Waals surface area contributed by atoms with E-state index in [-0.39, 0.29) is 17.8 Å². The number of nitrogens with two attached hydrogens (primary N) is 1. The van der Waals surface area contributed by atoms with Crippen LogP contribution in [-0.2, 0) is 11.2 Å². The van der Waals surface area contributed by atoms with E-state index < -0.39 is 11.2 Å². The first-order valence-electron chi connectivity index (χ1n) is 14.8. The predicted octanol–water partition coefficient (Wildman–Crippen LogP) is 1.36. The molecule has 3 amide bonds. The summed E-state index contributed by atoms with van der Waals surface area (Å²) in [5, 5.41) is 6.04. The van der Waals surface area contributed by atoms with Gasteiger partial charge in [0.1, 0.15) is 5.82 Å². The van der Waals surface area contributed by atoms with Crippen molar-refractivity contribution < 1.29 is 9.59 Å². The highest BCUT2D eigenvalue weighted by molar-refractivity contribution is 5.89. The minimum absolute atomic E-state index is 0.137. The molecule has 3 aliphatic rings. The number of carbonyl (C=O) groups excluding carboxylic acids is 2. The normalized spacial score (nSPS) is 23.3. The third kappa shape index (κ3) is 6.47. The van der Waals surface area contributed by atoms with Crippen molar-refractivity contribution in [3.63, 3.8) is 0 Å². The Morgan fingerprint density at radius 1 is 1.05 bits per heavy atom. The van der Waals surface area contributed by atoms with Crippen molar-refractivity contribution in [1.82, 2.24) is 29.6 Å². The molecule has 1 aromatic carbocycles. The van der Waals surface area contributed by atoms with Gasteiger partial charge in [-0.25, -0.2) is 9.59 Å². The minimum Gasteiger partial charge on any atom is -0.338 e. The van der Waals surface area contributed by atoms with Crippen LogP contribution in [-0.4, -0.2) is 101 Å². The van der Waals surface area contributed by atoms with Crippen molar-refractivity contribution in [2.24, 2.45) is 23.5 Å². The van der Waals surface area contributed by atoms with Gasteiger partial charge in [-0.05, 0) is 81.8 Å². The summed E-state index contributed by atoms with van der Waals surface area (Å²) in [6.07, 6.45) is 3.75. The quantitative estimate of drug-likeness (QED) is 0.420. The average molecular weight is 565 g/mol. The molecule has 2 aliphatic heterocycles. The second-order valence-corrected chi connectivity index (χ2v) is 12.3. The third-order valence-electron chi connectivity index (χ3n) is 8.96. The maximum Gasteiger partial charge on any atom is 0.354 e. The van der Waals surface area contributed by atoms with Gasteiger partial charge in [0.25, 0.3) is 0 Å². The van der Waals surface area contributed by atoms with Crippen LogP contribution < -0.4 is 22.1 Å². The molecule has 2 aromatic rings. The average Bonchev–Trinajstić information content (AvgIpc) is 3.38. The number of fused-ring (bicyclic) bond motifs is 1. The summed E-state index contributed by atoms with van der Waals surface area (Å²) in [4.78, 5) is 48.0. The van der Waals surface area contributed by atoms with Crippen molar-refractivity contribution in [2.45, 2.75) is 45.2 Å². The fraction of sp³-hybridized carbons (Fsp3) is 0.600. The van der Waals surface area contributed by atoms with Gasteiger partial charge in [-0.15, -0.1) is 0 Å². The lowest BCUT2D eigenvalue weighted by Gasteiger charge is -2.37. The first-order chi connectivity index (χ1) is 19.6. The molecule has 5 rings (SSSR count). The number of aromatic nitrogens is 2. The Morgan fingerprint density at radius 2 is 1.68 bits per heavy atom. The van der Waals surface area contributed by atoms with E-state index in [1.54, 1.807) is 35.9 Å². The molecule has 1 aromatic heterocycles. The lowest BCUT2D eigenvalue weighted by molar-refractivity contribution is -0.137. The summed E-state index contributed by atoms with van der Waals surface area (Å²) in [7, 11) is 2.04. The van der Waals surface area contributed by atoms with Gasteiger partial charge in [0.2, 0.25) is 5.91 Å². The molecule has 1 aliphatic carbocycles. The van der Waals surface area contributed by atoms with Crippen LogP contribution in [0, 0.1) is 17.8 Å². The number of urea groups is 1. The fourth-order valence-electron chi connectivity index (χ4n) is 6.49. The van der Waals surface area contributed by atoms with E-state index in [4.69, 9.17) is 5.73 Å². The summed E-state index contributed by atoms with van der Waals surface area (Å²) in [6, 6.07) is 9.91. The summed E-state index contributed by atoms with van der Waals surface area (Å²) < 4.78 is 1.48. The second-order valence-electron chi connectivity index (χ2n) is 12.3. The van der Waals surface area contributed by atoms with Crippen molar-refractivity contribution in [3.8, 4) is 5.69 Å². The first-order valence-corrected chi connectivity index (χ1v) is 14.8. The number of likely N-dealkylation sites (tertiary alicyclic amines) is 1. The van der Waals surface area contributed by atoms with Gasteiger partial charge < -0.3 is 20.9 Å². The van der Waals surface area contributed by atoms with Crippen molar-refractivity contribution in [1.29, 1.82) is 0 Å². The number of nitrogens with one attached hydrogen (secondary N) is 2. The van der Waals surface area contributed by atoms with Crippen LogP contribution in [0.1, 0.15) is 32.8 Å². The summed E-state index contributed by atoms with van der Waals surface area (Å²) in [5.41, 5.74) is 6.51. The van der Waals surface area contributed by atoms with Crippen LogP contribution in [0.2, 0.25) is 0 Å². The molecular weight excluding hydrogens is 520 g/mol. The molecule has 4 N–H and O–H groups in total. The van der Waals surface area contributed by atoms with Crippen LogP contribution >= 0.6 is 0 Å². The van der Waals surface area contributed by atoms with Gasteiger partial charge >= 0.3 is 11.7 Å². The molecule has 41 heavy (non-hydrogen) atoms. The Labute approximate surface area is 242 Å². The van der Waals surface area contributed by atoms with Gasteiger partial charge in [0.05, 0.1) is 11.2 Å². The van der Waals surface area contributed by atoms with E-state index in [9.17, 15) is 14.4 Å². The molecule has 0 spiro atoms. The lowest BCUT2D eigenvalue weighted by atomic mass is 10.0. The topological polar surface area (TPSA) is 129 Å². The Hall–Kier alpha value is -3.28. The minimum atomic E-state index is -0.944. The summed E-state index contributed by atoms with van der Waals surface area (Å²) >= 11 is 0. The van der Waals surface area contributed by atoms with E-state index in [1.807, 2.05) is 19.2 Å². The van der Waals surface area contributed by atoms with Crippen LogP contribution in [0.3, 0.4) is 0 Å². The zero-order chi connectivity index (χ0) is 29.3. The molecule has 222 valence electrons. The van der Waals surface area contributed by atoms with Gasteiger partial charge in [0, 0.05) is 51.5 Å². The van der Waals surface area contributed by atoms with Gasteiger partial charge in [-0.2, -0.15) is 4.98 Å². The molecule has 2 unspecified atom stereocenters. The van der Waals surface area contributed by atoms with Crippen molar-refractivity contribution in [2.75, 3.05) is 58.2 Å². The monoisotopic (exact) mass is 564 g/mol. The number of carbonyl (C=O) groups is 2. The number of nitrogens with zero attached hydrogens (tertiary/aromatic N) is 5. The zero-order valence-corrected chi connectivity index (χ0v) is 24.7. The maximum atomic E-state index is 12.8. The first kappa shape index (κ1) is 29.2. The molecular formula is C30H44N8O3. The number of hydrogen-bond donors (Lipinski definition) is 3. The molecule has 4 atom stereocenters. The standard InChI is InChI=1S/C30H44N8O3/c1-5-21(37-18-24-23(17-32-4)25(24)19-37)16-20-6-8-22(9-7-20)38-11-10-26(34-29(38)41)33-28(40)36-14-12-35(13-15-36)27(39)30(2,3)31/h6-11,21,23-25,32H,5,12-19,31H2,1-4H3,(H,33,34,40,41)/t21?,23?,24-,25+. The number of piperidine rings is 1. The smallest absolute Gasteiger partial charge is 0.338 e. The fourth-order valence-corrected chi connectivity index (χ4v) is 6.49. The second kappa shape index (κ2) is 11.9.